The fourth-order valence-electron chi connectivity index (χ4n) is 2.20. The lowest BCUT2D eigenvalue weighted by atomic mass is 9.97. The largest absolute Gasteiger partial charge is 0.444 e. The molecule has 0 fully saturated rings. The van der Waals surface area contributed by atoms with Crippen LogP contribution in [0.25, 0.3) is 0 Å². The second-order valence-corrected chi connectivity index (χ2v) is 6.79. The first-order chi connectivity index (χ1) is 10.7. The van der Waals surface area contributed by atoms with E-state index in [0.29, 0.717) is 6.42 Å². The van der Waals surface area contributed by atoms with Crippen LogP contribution in [0.3, 0.4) is 0 Å². The smallest absolute Gasteiger partial charge is 0.408 e. The van der Waals surface area contributed by atoms with Gasteiger partial charge in [-0.15, -0.1) is 0 Å². The first kappa shape index (κ1) is 18.9. The number of allylic oxidation sites excluding steroid dienone is 1. The number of carbonyl (C=O) groups is 2. The molecule has 4 nitrogen and oxygen atoms in total. The molecule has 0 aliphatic rings. The minimum absolute atomic E-state index is 0.186. The van der Waals surface area contributed by atoms with Crippen LogP contribution in [0, 0.1) is 5.92 Å². The van der Waals surface area contributed by atoms with Gasteiger partial charge < -0.3 is 14.8 Å². The maximum atomic E-state index is 12.1. The number of benzene rings is 1. The molecular formula is C19H27NO3. The van der Waals surface area contributed by atoms with Crippen LogP contribution in [0.5, 0.6) is 0 Å². The molecule has 23 heavy (non-hydrogen) atoms. The number of carbonyl (C=O) groups excluding carboxylic acids is 2. The quantitative estimate of drug-likeness (QED) is 0.639. The number of aldehydes is 1. The fourth-order valence-corrected chi connectivity index (χ4v) is 2.20. The zero-order chi connectivity index (χ0) is 17.5. The number of hydrogen-bond donors (Lipinski definition) is 1. The zero-order valence-electron chi connectivity index (χ0n) is 14.6. The summed E-state index contributed by atoms with van der Waals surface area (Å²) in [5, 5.41) is 2.91. The third kappa shape index (κ3) is 7.63. The topological polar surface area (TPSA) is 55.4 Å². The molecule has 126 valence electrons. The second-order valence-electron chi connectivity index (χ2n) is 6.79. The Morgan fingerprint density at radius 2 is 1.87 bits per heavy atom. The van der Waals surface area contributed by atoms with Gasteiger partial charge in [0.1, 0.15) is 11.9 Å². The van der Waals surface area contributed by atoms with Gasteiger partial charge >= 0.3 is 6.09 Å². The van der Waals surface area contributed by atoms with Crippen molar-refractivity contribution in [1.82, 2.24) is 5.32 Å². The van der Waals surface area contributed by atoms with E-state index in [1.54, 1.807) is 0 Å². The predicted octanol–water partition coefficient (Wildman–Crippen LogP) is 3.90. The lowest BCUT2D eigenvalue weighted by molar-refractivity contribution is -0.109. The van der Waals surface area contributed by atoms with Crippen LogP contribution in [0.4, 0.5) is 4.79 Å². The summed E-state index contributed by atoms with van der Waals surface area (Å²) < 4.78 is 5.34. The van der Waals surface area contributed by atoms with Crippen molar-refractivity contribution in [2.24, 2.45) is 5.92 Å². The van der Waals surface area contributed by atoms with Crippen LogP contribution in [0.15, 0.2) is 42.0 Å². The molecule has 0 radical (unpaired) electrons. The average Bonchev–Trinajstić information content (AvgIpc) is 2.45. The van der Waals surface area contributed by atoms with Gasteiger partial charge in [-0.2, -0.15) is 0 Å². The molecule has 0 aliphatic heterocycles. The molecule has 4 heteroatoms. The molecule has 2 atom stereocenters. The van der Waals surface area contributed by atoms with E-state index in [1.807, 2.05) is 71.0 Å². The van der Waals surface area contributed by atoms with Crippen molar-refractivity contribution >= 4 is 12.4 Å². The van der Waals surface area contributed by atoms with Crippen LogP contribution in [-0.4, -0.2) is 24.0 Å². The summed E-state index contributed by atoms with van der Waals surface area (Å²) in [6, 6.07) is 9.70. The summed E-state index contributed by atoms with van der Waals surface area (Å²) >= 11 is 0. The van der Waals surface area contributed by atoms with Crippen LogP contribution < -0.4 is 5.32 Å². The molecular weight excluding hydrogens is 290 g/mol. The van der Waals surface area contributed by atoms with Crippen molar-refractivity contribution in [1.29, 1.82) is 0 Å². The van der Waals surface area contributed by atoms with Crippen molar-refractivity contribution in [2.45, 2.75) is 52.7 Å². The normalized spacial score (nSPS) is 14.7. The van der Waals surface area contributed by atoms with Crippen molar-refractivity contribution in [3.63, 3.8) is 0 Å². The fraction of sp³-hybridized carbons (Fsp3) is 0.474. The Morgan fingerprint density at radius 1 is 1.26 bits per heavy atom. The number of hydrogen-bond acceptors (Lipinski definition) is 3. The summed E-state index contributed by atoms with van der Waals surface area (Å²) in [6.45, 7) is 9.23. The molecule has 0 unspecified atom stereocenters. The minimum atomic E-state index is -0.547. The van der Waals surface area contributed by atoms with Gasteiger partial charge in [-0.25, -0.2) is 4.79 Å². The highest BCUT2D eigenvalue weighted by atomic mass is 16.6. The summed E-state index contributed by atoms with van der Waals surface area (Å²) in [5.41, 5.74) is 1.51. The molecule has 1 amide bonds. The number of nitrogens with one attached hydrogen (secondary N) is 1. The van der Waals surface area contributed by atoms with Crippen molar-refractivity contribution in [3.05, 3.63) is 47.5 Å². The second kappa shape index (κ2) is 8.51. The summed E-state index contributed by atoms with van der Waals surface area (Å²) in [4.78, 5) is 23.0. The average molecular weight is 317 g/mol. The van der Waals surface area contributed by atoms with Gasteiger partial charge in [0.2, 0.25) is 0 Å². The Hall–Kier alpha value is -2.10. The summed E-state index contributed by atoms with van der Waals surface area (Å²) in [5.74, 6) is -0.186. The molecule has 0 spiro atoms. The van der Waals surface area contributed by atoms with Gasteiger partial charge in [-0.1, -0.05) is 48.9 Å². The minimum Gasteiger partial charge on any atom is -0.444 e. The Kier molecular flexibility index (Phi) is 7.01. The van der Waals surface area contributed by atoms with E-state index < -0.39 is 11.7 Å². The molecule has 0 aliphatic carbocycles. The van der Waals surface area contributed by atoms with E-state index >= 15 is 0 Å². The standard InChI is InChI=1S/C19H27NO3/c1-14(13-21)11-15(2)17(12-16-9-7-6-8-10-16)20-18(22)23-19(3,4)5/h6-11,13-14,17H,12H2,1-5H3,(H,20,22)/b15-11+/t14-,17-/m1/s1. The molecule has 1 rings (SSSR count). The SMILES string of the molecule is C/C(=C\[C@@H](C)C=O)[C@@H](Cc1ccccc1)NC(=O)OC(C)(C)C. The lowest BCUT2D eigenvalue weighted by Gasteiger charge is -2.24. The van der Waals surface area contributed by atoms with Crippen molar-refractivity contribution in [2.75, 3.05) is 0 Å². The molecule has 0 bridgehead atoms. The predicted molar refractivity (Wildman–Crippen MR) is 92.3 cm³/mol. The van der Waals surface area contributed by atoms with E-state index in [0.717, 1.165) is 17.4 Å². The van der Waals surface area contributed by atoms with Gasteiger partial charge in [0.25, 0.3) is 0 Å². The van der Waals surface area contributed by atoms with Gasteiger partial charge in [0, 0.05) is 5.92 Å². The van der Waals surface area contributed by atoms with E-state index in [1.165, 1.54) is 0 Å². The zero-order valence-corrected chi connectivity index (χ0v) is 14.6. The number of ether oxygens (including phenoxy) is 1. The Labute approximate surface area is 138 Å². The van der Waals surface area contributed by atoms with E-state index in [4.69, 9.17) is 4.74 Å². The number of alkyl carbamates (subject to hydrolysis) is 1. The first-order valence-electron chi connectivity index (χ1n) is 7.88. The van der Waals surface area contributed by atoms with Crippen LogP contribution in [0.1, 0.15) is 40.2 Å². The number of amides is 1. The maximum absolute atomic E-state index is 12.1. The molecule has 0 heterocycles. The van der Waals surface area contributed by atoms with Crippen molar-refractivity contribution in [3.8, 4) is 0 Å². The first-order valence-corrected chi connectivity index (χ1v) is 7.88. The van der Waals surface area contributed by atoms with Gasteiger partial charge in [-0.3, -0.25) is 0 Å². The van der Waals surface area contributed by atoms with Gasteiger partial charge in [0.15, 0.2) is 0 Å². The van der Waals surface area contributed by atoms with Crippen LogP contribution in [-0.2, 0) is 16.0 Å². The summed E-state index contributed by atoms with van der Waals surface area (Å²) in [7, 11) is 0. The molecule has 1 aromatic rings. The molecule has 0 saturated heterocycles. The Balaban J connectivity index is 2.90. The van der Waals surface area contributed by atoms with Crippen LogP contribution in [0.2, 0.25) is 0 Å². The third-order valence-corrected chi connectivity index (χ3v) is 3.26. The lowest BCUT2D eigenvalue weighted by Crippen LogP contribution is -2.41. The van der Waals surface area contributed by atoms with Gasteiger partial charge in [0.05, 0.1) is 6.04 Å². The summed E-state index contributed by atoms with van der Waals surface area (Å²) in [6.07, 6.45) is 2.95. The highest BCUT2D eigenvalue weighted by Crippen LogP contribution is 2.14. The number of rotatable bonds is 6. The molecule has 1 aromatic carbocycles. The highest BCUT2D eigenvalue weighted by molar-refractivity contribution is 5.68. The Bertz CT molecular complexity index is 543. The van der Waals surface area contributed by atoms with E-state index in [9.17, 15) is 9.59 Å². The van der Waals surface area contributed by atoms with E-state index in [-0.39, 0.29) is 12.0 Å². The molecule has 0 saturated carbocycles. The van der Waals surface area contributed by atoms with E-state index in [2.05, 4.69) is 5.32 Å². The third-order valence-electron chi connectivity index (χ3n) is 3.26. The molecule has 1 N–H and O–H groups in total. The monoisotopic (exact) mass is 317 g/mol. The van der Waals surface area contributed by atoms with Gasteiger partial charge in [-0.05, 0) is 39.7 Å². The molecule has 0 aromatic heterocycles. The van der Waals surface area contributed by atoms with Crippen molar-refractivity contribution < 1.29 is 14.3 Å². The maximum Gasteiger partial charge on any atom is 0.408 e. The highest BCUT2D eigenvalue weighted by Gasteiger charge is 2.21. The van der Waals surface area contributed by atoms with Crippen LogP contribution >= 0.6 is 0 Å². The Morgan fingerprint density at radius 3 is 2.39 bits per heavy atom.